The van der Waals surface area contributed by atoms with E-state index in [4.69, 9.17) is 4.74 Å². The van der Waals surface area contributed by atoms with Crippen molar-refractivity contribution in [2.75, 3.05) is 0 Å². The summed E-state index contributed by atoms with van der Waals surface area (Å²) >= 11 is 0. The molecule has 0 saturated carbocycles. The summed E-state index contributed by atoms with van der Waals surface area (Å²) in [5.74, 6) is -0.746. The van der Waals surface area contributed by atoms with Gasteiger partial charge in [-0.15, -0.1) is 0 Å². The molecule has 0 amide bonds. The number of esters is 1. The highest BCUT2D eigenvalue weighted by Crippen LogP contribution is 2.23. The van der Waals surface area contributed by atoms with Gasteiger partial charge in [0.05, 0.1) is 0 Å². The standard InChI is InChI=1S/C12H15FO2/c1-8(9(2)15-10(3)14)11-6-4-5-7-12(11)13/h4-9H,1-3H3/t8-,9+/m1/s1. The lowest BCUT2D eigenvalue weighted by molar-refractivity contribution is -0.146. The van der Waals surface area contributed by atoms with E-state index in [1.807, 2.05) is 6.92 Å². The second-order valence-corrected chi connectivity index (χ2v) is 3.62. The van der Waals surface area contributed by atoms with E-state index < -0.39 is 0 Å². The van der Waals surface area contributed by atoms with Crippen molar-refractivity contribution < 1.29 is 13.9 Å². The molecule has 0 spiro atoms. The molecule has 3 heteroatoms. The van der Waals surface area contributed by atoms with Crippen LogP contribution in [0.2, 0.25) is 0 Å². The van der Waals surface area contributed by atoms with E-state index in [1.165, 1.54) is 13.0 Å². The minimum absolute atomic E-state index is 0.143. The lowest BCUT2D eigenvalue weighted by Gasteiger charge is -2.20. The number of hydrogen-bond donors (Lipinski definition) is 0. The molecule has 0 saturated heterocycles. The highest BCUT2D eigenvalue weighted by atomic mass is 19.1. The topological polar surface area (TPSA) is 26.3 Å². The van der Waals surface area contributed by atoms with E-state index >= 15 is 0 Å². The predicted octanol–water partition coefficient (Wildman–Crippen LogP) is 2.88. The molecule has 0 aliphatic heterocycles. The maximum Gasteiger partial charge on any atom is 0.302 e. The van der Waals surface area contributed by atoms with Gasteiger partial charge in [0, 0.05) is 12.8 Å². The summed E-state index contributed by atoms with van der Waals surface area (Å²) in [4.78, 5) is 10.8. The Hall–Kier alpha value is -1.38. The van der Waals surface area contributed by atoms with Gasteiger partial charge >= 0.3 is 5.97 Å². The SMILES string of the molecule is CC(=O)O[C@@H](C)[C@@H](C)c1ccccc1F. The fraction of sp³-hybridized carbons (Fsp3) is 0.417. The first kappa shape index (κ1) is 11.7. The third-order valence-electron chi connectivity index (χ3n) is 2.45. The third-order valence-corrected chi connectivity index (χ3v) is 2.45. The first-order valence-electron chi connectivity index (χ1n) is 4.94. The molecule has 0 aromatic heterocycles. The molecule has 0 fully saturated rings. The van der Waals surface area contributed by atoms with Crippen molar-refractivity contribution in [2.24, 2.45) is 0 Å². The Bertz CT molecular complexity index is 349. The molecule has 82 valence electrons. The molecule has 2 atom stereocenters. The Morgan fingerprint density at radius 1 is 1.33 bits per heavy atom. The quantitative estimate of drug-likeness (QED) is 0.717. The molecule has 1 aromatic carbocycles. The fourth-order valence-corrected chi connectivity index (χ4v) is 1.46. The zero-order valence-corrected chi connectivity index (χ0v) is 9.16. The van der Waals surface area contributed by atoms with Gasteiger partial charge in [0.25, 0.3) is 0 Å². The van der Waals surface area contributed by atoms with Gasteiger partial charge in [-0.1, -0.05) is 25.1 Å². The van der Waals surface area contributed by atoms with E-state index in [9.17, 15) is 9.18 Å². The average Bonchev–Trinajstić information content (AvgIpc) is 2.16. The molecule has 0 unspecified atom stereocenters. The molecule has 0 N–H and O–H groups in total. The summed E-state index contributed by atoms with van der Waals surface area (Å²) in [6.45, 7) is 4.95. The fourth-order valence-electron chi connectivity index (χ4n) is 1.46. The summed E-state index contributed by atoms with van der Waals surface area (Å²) in [6, 6.07) is 6.53. The maximum atomic E-state index is 13.4. The van der Waals surface area contributed by atoms with Crippen LogP contribution in [-0.4, -0.2) is 12.1 Å². The normalized spacial score (nSPS) is 14.4. The minimum atomic E-state index is -0.342. The average molecular weight is 210 g/mol. The molecule has 0 aliphatic rings. The molecule has 1 rings (SSSR count). The van der Waals surface area contributed by atoms with Crippen LogP contribution in [0, 0.1) is 5.82 Å². The van der Waals surface area contributed by atoms with Crippen molar-refractivity contribution in [3.8, 4) is 0 Å². The molecule has 0 heterocycles. The van der Waals surface area contributed by atoms with Gasteiger partial charge in [-0.3, -0.25) is 4.79 Å². The van der Waals surface area contributed by atoms with Crippen molar-refractivity contribution in [2.45, 2.75) is 32.8 Å². The van der Waals surface area contributed by atoms with E-state index in [0.29, 0.717) is 5.56 Å². The van der Waals surface area contributed by atoms with Crippen LogP contribution in [0.3, 0.4) is 0 Å². The van der Waals surface area contributed by atoms with Gasteiger partial charge < -0.3 is 4.74 Å². The minimum Gasteiger partial charge on any atom is -0.462 e. The molecule has 0 bridgehead atoms. The van der Waals surface area contributed by atoms with Crippen molar-refractivity contribution in [1.29, 1.82) is 0 Å². The van der Waals surface area contributed by atoms with E-state index in [2.05, 4.69) is 0 Å². The number of benzene rings is 1. The van der Waals surface area contributed by atoms with Crippen LogP contribution in [0.25, 0.3) is 0 Å². The Labute approximate surface area is 89.1 Å². The van der Waals surface area contributed by atoms with Gasteiger partial charge in [-0.2, -0.15) is 0 Å². The van der Waals surface area contributed by atoms with Gasteiger partial charge in [-0.25, -0.2) is 4.39 Å². The van der Waals surface area contributed by atoms with Crippen LogP contribution in [0.1, 0.15) is 32.3 Å². The number of halogens is 1. The second kappa shape index (κ2) is 4.91. The zero-order chi connectivity index (χ0) is 11.4. The Morgan fingerprint density at radius 3 is 2.47 bits per heavy atom. The smallest absolute Gasteiger partial charge is 0.302 e. The monoisotopic (exact) mass is 210 g/mol. The van der Waals surface area contributed by atoms with Gasteiger partial charge in [0.15, 0.2) is 0 Å². The highest BCUT2D eigenvalue weighted by Gasteiger charge is 2.19. The van der Waals surface area contributed by atoms with Crippen molar-refractivity contribution in [3.63, 3.8) is 0 Å². The molecular formula is C12H15FO2. The van der Waals surface area contributed by atoms with Crippen LogP contribution >= 0.6 is 0 Å². The van der Waals surface area contributed by atoms with Crippen LogP contribution in [0.15, 0.2) is 24.3 Å². The number of hydrogen-bond acceptors (Lipinski definition) is 2. The number of ether oxygens (including phenoxy) is 1. The van der Waals surface area contributed by atoms with Gasteiger partial charge in [0.2, 0.25) is 0 Å². The maximum absolute atomic E-state index is 13.4. The molecule has 1 aromatic rings. The van der Waals surface area contributed by atoms with Crippen LogP contribution < -0.4 is 0 Å². The Kier molecular flexibility index (Phi) is 3.83. The Balaban J connectivity index is 2.80. The number of rotatable bonds is 3. The molecule has 15 heavy (non-hydrogen) atoms. The van der Waals surface area contributed by atoms with Crippen LogP contribution in [0.5, 0.6) is 0 Å². The molecule has 0 aliphatic carbocycles. The largest absolute Gasteiger partial charge is 0.462 e. The van der Waals surface area contributed by atoms with Crippen LogP contribution in [-0.2, 0) is 9.53 Å². The summed E-state index contributed by atoms with van der Waals surface area (Å²) in [5.41, 5.74) is 0.575. The summed E-state index contributed by atoms with van der Waals surface area (Å²) < 4.78 is 18.4. The van der Waals surface area contributed by atoms with E-state index in [0.717, 1.165) is 0 Å². The van der Waals surface area contributed by atoms with Crippen molar-refractivity contribution in [1.82, 2.24) is 0 Å². The summed E-state index contributed by atoms with van der Waals surface area (Å²) in [6.07, 6.45) is -0.320. The van der Waals surface area contributed by atoms with E-state index in [-0.39, 0.29) is 23.8 Å². The lowest BCUT2D eigenvalue weighted by Crippen LogP contribution is -2.19. The Morgan fingerprint density at radius 2 is 1.93 bits per heavy atom. The van der Waals surface area contributed by atoms with E-state index in [1.54, 1.807) is 25.1 Å². The van der Waals surface area contributed by atoms with Gasteiger partial charge in [-0.05, 0) is 18.6 Å². The molecule has 2 nitrogen and oxygen atoms in total. The first-order valence-corrected chi connectivity index (χ1v) is 4.94. The molecular weight excluding hydrogens is 195 g/mol. The van der Waals surface area contributed by atoms with Crippen molar-refractivity contribution >= 4 is 5.97 Å². The number of carbonyl (C=O) groups is 1. The third kappa shape index (κ3) is 3.05. The second-order valence-electron chi connectivity index (χ2n) is 3.62. The van der Waals surface area contributed by atoms with Gasteiger partial charge in [0.1, 0.15) is 11.9 Å². The lowest BCUT2D eigenvalue weighted by atomic mass is 9.96. The van der Waals surface area contributed by atoms with Crippen LogP contribution in [0.4, 0.5) is 4.39 Å². The zero-order valence-electron chi connectivity index (χ0n) is 9.16. The summed E-state index contributed by atoms with van der Waals surface area (Å²) in [7, 11) is 0. The van der Waals surface area contributed by atoms with Crippen molar-refractivity contribution in [3.05, 3.63) is 35.6 Å². The summed E-state index contributed by atoms with van der Waals surface area (Å²) in [5, 5.41) is 0. The molecule has 0 radical (unpaired) electrons. The highest BCUT2D eigenvalue weighted by molar-refractivity contribution is 5.66. The predicted molar refractivity (Wildman–Crippen MR) is 56.0 cm³/mol. The number of carbonyl (C=O) groups excluding carboxylic acids is 1. The first-order chi connectivity index (χ1) is 7.02.